The third kappa shape index (κ3) is 4.53. The summed E-state index contributed by atoms with van der Waals surface area (Å²) in [5, 5.41) is 0. The van der Waals surface area contributed by atoms with Gasteiger partial charge >= 0.3 is 0 Å². The molecule has 2 heterocycles. The first-order valence-corrected chi connectivity index (χ1v) is 7.11. The molecule has 0 radical (unpaired) electrons. The third-order valence-corrected chi connectivity index (χ3v) is 4.47. The van der Waals surface area contributed by atoms with E-state index in [0.29, 0.717) is 20.9 Å². The maximum Gasteiger partial charge on any atom is 0.286 e. The Bertz CT molecular complexity index is 368. The molecule has 1 aromatic heterocycles. The van der Waals surface area contributed by atoms with Gasteiger partial charge in [-0.1, -0.05) is 26.5 Å². The first-order valence-electron chi connectivity index (χ1n) is 7.11. The van der Waals surface area contributed by atoms with Crippen molar-refractivity contribution in [1.82, 2.24) is 19.1 Å². The highest BCUT2D eigenvalue weighted by molar-refractivity contribution is 6.84. The number of nitrogens with zero attached hydrogens (tertiary/aromatic N) is 4. The number of pyridine rings is 1. The zero-order valence-electron chi connectivity index (χ0n) is 13.7. The van der Waals surface area contributed by atoms with Crippen LogP contribution in [0.4, 0.5) is 8.78 Å². The smallest absolute Gasteiger partial charge is 0.286 e. The Morgan fingerprint density at radius 3 is 1.62 bits per heavy atom. The van der Waals surface area contributed by atoms with E-state index in [2.05, 4.69) is 60.8 Å². The molecule has 0 aromatic carbocycles. The lowest BCUT2D eigenvalue weighted by Crippen LogP contribution is -2.72. The van der Waals surface area contributed by atoms with Crippen LogP contribution in [-0.4, -0.2) is 61.2 Å². The van der Waals surface area contributed by atoms with Crippen LogP contribution in [0, 0.1) is 0 Å². The van der Waals surface area contributed by atoms with E-state index < -0.39 is 6.43 Å². The van der Waals surface area contributed by atoms with Gasteiger partial charge in [-0.15, -0.1) is 0 Å². The molecule has 114 valence electrons. The third-order valence-electron chi connectivity index (χ3n) is 4.47. The van der Waals surface area contributed by atoms with Crippen molar-refractivity contribution in [2.75, 3.05) is 21.1 Å². The highest BCUT2D eigenvalue weighted by atomic mass is 19.3. The maximum absolute atomic E-state index is 11.7. The van der Waals surface area contributed by atoms with E-state index in [-0.39, 0.29) is 5.56 Å². The molecule has 0 unspecified atom stereocenters. The van der Waals surface area contributed by atoms with Crippen molar-refractivity contribution < 1.29 is 8.78 Å². The number of rotatable bonds is 1. The van der Waals surface area contributed by atoms with Crippen molar-refractivity contribution in [1.29, 1.82) is 0 Å². The van der Waals surface area contributed by atoms with Gasteiger partial charge in [0.25, 0.3) is 27.4 Å². The molecule has 0 spiro atoms. The molecule has 4 nitrogen and oxygen atoms in total. The van der Waals surface area contributed by atoms with Gasteiger partial charge in [0.15, 0.2) is 0 Å². The Morgan fingerprint density at radius 2 is 1.38 bits per heavy atom. The Labute approximate surface area is 127 Å². The summed E-state index contributed by atoms with van der Waals surface area (Å²) in [6, 6.07) is 2.83. The summed E-state index contributed by atoms with van der Waals surface area (Å²) in [7, 11) is 6.52. The molecule has 0 saturated carbocycles. The fourth-order valence-corrected chi connectivity index (χ4v) is 2.30. The Kier molecular flexibility index (Phi) is 6.83. The number of hydrogen-bond acceptors (Lipinski definition) is 4. The van der Waals surface area contributed by atoms with E-state index >= 15 is 0 Å². The van der Waals surface area contributed by atoms with Crippen LogP contribution in [0.1, 0.15) is 12.0 Å². The summed E-state index contributed by atoms with van der Waals surface area (Å²) in [5.74, 6) is 0. The van der Waals surface area contributed by atoms with Crippen LogP contribution in [0.15, 0.2) is 24.5 Å². The van der Waals surface area contributed by atoms with Crippen molar-refractivity contribution in [2.45, 2.75) is 26.9 Å². The molecule has 0 aliphatic carbocycles. The van der Waals surface area contributed by atoms with Crippen LogP contribution in [0.5, 0.6) is 0 Å². The van der Waals surface area contributed by atoms with Crippen molar-refractivity contribution in [3.05, 3.63) is 30.1 Å². The molecule has 1 aliphatic heterocycles. The van der Waals surface area contributed by atoms with Crippen LogP contribution in [0.3, 0.4) is 0 Å². The quantitative estimate of drug-likeness (QED) is 0.740. The molecule has 1 aromatic rings. The minimum absolute atomic E-state index is 0.0301. The summed E-state index contributed by atoms with van der Waals surface area (Å²) in [5.41, 5.74) is -0.0301. The molecule has 2 rings (SSSR count). The van der Waals surface area contributed by atoms with Gasteiger partial charge in [-0.3, -0.25) is 4.98 Å². The first-order chi connectivity index (χ1) is 9.77. The SMILES string of the molecule is CB1N(C)B(C)N(C)B(C)N1C.FC(F)c1cccnc1. The second kappa shape index (κ2) is 7.91. The number of alkyl halides is 2. The molecule has 0 bridgehead atoms. The van der Waals surface area contributed by atoms with E-state index in [0.717, 1.165) is 6.20 Å². The van der Waals surface area contributed by atoms with Crippen LogP contribution >= 0.6 is 0 Å². The van der Waals surface area contributed by atoms with Crippen molar-refractivity contribution >= 4 is 20.9 Å². The van der Waals surface area contributed by atoms with Gasteiger partial charge in [-0.05, 0) is 27.2 Å². The molecule has 0 N–H and O–H groups in total. The average molecular weight is 294 g/mol. The summed E-state index contributed by atoms with van der Waals surface area (Å²) < 4.78 is 30.6. The van der Waals surface area contributed by atoms with Gasteiger partial charge in [-0.25, -0.2) is 8.78 Å². The van der Waals surface area contributed by atoms with E-state index in [1.165, 1.54) is 18.3 Å². The van der Waals surface area contributed by atoms with E-state index in [1.54, 1.807) is 0 Å². The predicted molar refractivity (Wildman–Crippen MR) is 87.3 cm³/mol. The molecule has 1 aliphatic rings. The number of hydrogen-bond donors (Lipinski definition) is 0. The van der Waals surface area contributed by atoms with Gasteiger partial charge in [0, 0.05) is 18.0 Å². The van der Waals surface area contributed by atoms with E-state index in [4.69, 9.17) is 0 Å². The summed E-state index contributed by atoms with van der Waals surface area (Å²) in [4.78, 5) is 3.53. The van der Waals surface area contributed by atoms with Crippen LogP contribution in [0.2, 0.25) is 20.5 Å². The Balaban J connectivity index is 0.000000219. The molecule has 1 saturated heterocycles. The topological polar surface area (TPSA) is 22.6 Å². The Morgan fingerprint density at radius 1 is 0.952 bits per heavy atom. The largest absolute Gasteiger partial charge is 0.360 e. The molecule has 0 amide bonds. The standard InChI is InChI=1S/C6H18B3N3.C6H5F2N/c1-7-10(4)8(2)12(6)9(3)11(7)5;7-6(8)5-2-1-3-9-4-5/h1-6H3;1-4,6H. The second-order valence-electron chi connectivity index (χ2n) is 5.48. The molecular formula is C12H23B3F2N4. The Hall–Kier alpha value is -0.915. The number of halogens is 2. The zero-order chi connectivity index (χ0) is 16.2. The number of aromatic nitrogens is 1. The fourth-order valence-electron chi connectivity index (χ4n) is 2.30. The van der Waals surface area contributed by atoms with Crippen molar-refractivity contribution in [3.8, 4) is 0 Å². The predicted octanol–water partition coefficient (Wildman–Crippen LogP) is 2.17. The summed E-state index contributed by atoms with van der Waals surface area (Å²) >= 11 is 0. The van der Waals surface area contributed by atoms with E-state index in [9.17, 15) is 8.78 Å². The second-order valence-corrected chi connectivity index (χ2v) is 5.48. The minimum Gasteiger partial charge on any atom is -0.360 e. The summed E-state index contributed by atoms with van der Waals surface area (Å²) in [6.07, 6.45) is 0.218. The van der Waals surface area contributed by atoms with Crippen molar-refractivity contribution in [3.63, 3.8) is 0 Å². The normalized spacial score (nSPS) is 18.0. The van der Waals surface area contributed by atoms with Crippen LogP contribution in [-0.2, 0) is 0 Å². The first kappa shape index (κ1) is 18.1. The molecule has 21 heavy (non-hydrogen) atoms. The molecule has 1 fully saturated rings. The monoisotopic (exact) mass is 294 g/mol. The average Bonchev–Trinajstić information content (AvgIpc) is 2.50. The lowest BCUT2D eigenvalue weighted by molar-refractivity contribution is 0.151. The van der Waals surface area contributed by atoms with Crippen molar-refractivity contribution in [2.24, 2.45) is 0 Å². The summed E-state index contributed by atoms with van der Waals surface area (Å²) in [6.45, 7) is 8.35. The maximum atomic E-state index is 11.7. The fraction of sp³-hybridized carbons (Fsp3) is 0.583. The van der Waals surface area contributed by atoms with Crippen LogP contribution in [0.25, 0.3) is 0 Å². The van der Waals surface area contributed by atoms with Gasteiger partial charge in [-0.2, -0.15) is 0 Å². The lowest BCUT2D eigenvalue weighted by Gasteiger charge is -2.47. The van der Waals surface area contributed by atoms with Crippen LogP contribution < -0.4 is 0 Å². The van der Waals surface area contributed by atoms with Gasteiger partial charge in [0.2, 0.25) is 0 Å². The van der Waals surface area contributed by atoms with Gasteiger partial charge in [0.05, 0.1) is 0 Å². The van der Waals surface area contributed by atoms with E-state index in [1.807, 2.05) is 0 Å². The van der Waals surface area contributed by atoms with Gasteiger partial charge in [0.1, 0.15) is 0 Å². The van der Waals surface area contributed by atoms with Gasteiger partial charge < -0.3 is 14.2 Å². The molecular weight excluding hydrogens is 271 g/mol. The highest BCUT2D eigenvalue weighted by Gasteiger charge is 2.40. The lowest BCUT2D eigenvalue weighted by atomic mass is 9.46. The molecule has 0 atom stereocenters. The minimum atomic E-state index is -2.40. The highest BCUT2D eigenvalue weighted by Crippen LogP contribution is 2.15. The zero-order valence-corrected chi connectivity index (χ0v) is 13.7. The molecule has 9 heteroatoms.